The highest BCUT2D eigenvalue weighted by Gasteiger charge is 2.40. The topological polar surface area (TPSA) is 122 Å². The Hall–Kier alpha value is -3.99. The highest BCUT2D eigenvalue weighted by atomic mass is 19.1. The van der Waals surface area contributed by atoms with Gasteiger partial charge in [-0.25, -0.2) is 9.18 Å². The van der Waals surface area contributed by atoms with E-state index in [0.29, 0.717) is 49.7 Å². The predicted molar refractivity (Wildman–Crippen MR) is 128 cm³/mol. The minimum absolute atomic E-state index is 0.170. The molecule has 3 N–H and O–H groups in total. The molecule has 0 saturated carbocycles. The summed E-state index contributed by atoms with van der Waals surface area (Å²) in [4.78, 5) is 53.0. The van der Waals surface area contributed by atoms with Crippen molar-refractivity contribution in [2.45, 2.75) is 32.0 Å². The Morgan fingerprint density at radius 3 is 2.47 bits per heavy atom. The summed E-state index contributed by atoms with van der Waals surface area (Å²) >= 11 is 0. The van der Waals surface area contributed by atoms with Gasteiger partial charge in [-0.3, -0.25) is 29.9 Å². The molecule has 5 rings (SSSR count). The van der Waals surface area contributed by atoms with E-state index >= 15 is 4.39 Å². The minimum Gasteiger partial charge on any atom is -0.465 e. The molecule has 4 amide bonds. The number of anilines is 2. The summed E-state index contributed by atoms with van der Waals surface area (Å²) < 4.78 is 15.1. The molecule has 188 valence electrons. The Balaban J connectivity index is 1.22. The molecule has 36 heavy (non-hydrogen) atoms. The number of halogens is 1. The summed E-state index contributed by atoms with van der Waals surface area (Å²) in [6, 6.07) is 9.44. The maximum Gasteiger partial charge on any atom is 0.409 e. The van der Waals surface area contributed by atoms with Crippen LogP contribution in [0.4, 0.5) is 20.6 Å². The van der Waals surface area contributed by atoms with Gasteiger partial charge in [0, 0.05) is 56.9 Å². The average Bonchev–Trinajstić information content (AvgIpc) is 3.15. The molecule has 0 bridgehead atoms. The van der Waals surface area contributed by atoms with Crippen LogP contribution in [0.2, 0.25) is 0 Å². The van der Waals surface area contributed by atoms with Gasteiger partial charge >= 0.3 is 6.09 Å². The number of imide groups is 1. The van der Waals surface area contributed by atoms with E-state index in [-0.39, 0.29) is 36.8 Å². The maximum absolute atomic E-state index is 15.1. The normalized spacial score (nSPS) is 20.4. The first-order chi connectivity index (χ1) is 17.3. The summed E-state index contributed by atoms with van der Waals surface area (Å²) in [5.74, 6) is -1.70. The molecule has 3 heterocycles. The zero-order valence-electron chi connectivity index (χ0n) is 19.5. The molecule has 2 fully saturated rings. The van der Waals surface area contributed by atoms with E-state index in [4.69, 9.17) is 5.11 Å². The average molecular weight is 496 g/mol. The van der Waals surface area contributed by atoms with Gasteiger partial charge in [0.1, 0.15) is 11.9 Å². The molecule has 1 atom stereocenters. The van der Waals surface area contributed by atoms with Crippen molar-refractivity contribution in [3.05, 3.63) is 58.9 Å². The summed E-state index contributed by atoms with van der Waals surface area (Å²) in [7, 11) is 0. The van der Waals surface area contributed by atoms with E-state index in [1.165, 1.54) is 11.0 Å². The third kappa shape index (κ3) is 4.74. The fourth-order valence-electron chi connectivity index (χ4n) is 5.04. The summed E-state index contributed by atoms with van der Waals surface area (Å²) in [5, 5.41) is 13.4. The van der Waals surface area contributed by atoms with E-state index in [1.807, 2.05) is 17.0 Å². The zero-order valence-corrected chi connectivity index (χ0v) is 19.5. The van der Waals surface area contributed by atoms with E-state index < -0.39 is 23.9 Å². The summed E-state index contributed by atoms with van der Waals surface area (Å²) in [6.45, 7) is 3.56. The Labute approximate surface area is 206 Å². The second-order valence-corrected chi connectivity index (χ2v) is 9.25. The second-order valence-electron chi connectivity index (χ2n) is 9.25. The Morgan fingerprint density at radius 1 is 1.08 bits per heavy atom. The SMILES string of the molecule is O=C(O)Nc1ccc(CN2CCN(c3cc4c(cc3F)C(=O)N(C3CCC(=O)NC3=O)C4)CC2)cc1. The van der Waals surface area contributed by atoms with Gasteiger partial charge in [-0.1, -0.05) is 12.1 Å². The third-order valence-corrected chi connectivity index (χ3v) is 6.92. The molecule has 10 nitrogen and oxygen atoms in total. The third-order valence-electron chi connectivity index (χ3n) is 6.92. The Kier molecular flexibility index (Phi) is 6.31. The summed E-state index contributed by atoms with van der Waals surface area (Å²) in [6.07, 6.45) is -0.671. The van der Waals surface area contributed by atoms with Crippen LogP contribution in [0.3, 0.4) is 0 Å². The molecule has 0 spiro atoms. The van der Waals surface area contributed by atoms with Crippen LogP contribution >= 0.6 is 0 Å². The number of carbonyl (C=O) groups is 4. The largest absolute Gasteiger partial charge is 0.465 e. The van der Waals surface area contributed by atoms with Gasteiger partial charge < -0.3 is 14.9 Å². The molecular weight excluding hydrogens is 469 g/mol. The van der Waals surface area contributed by atoms with E-state index in [0.717, 1.165) is 5.56 Å². The number of nitrogens with zero attached hydrogens (tertiary/aromatic N) is 3. The lowest BCUT2D eigenvalue weighted by Gasteiger charge is -2.36. The van der Waals surface area contributed by atoms with Crippen molar-refractivity contribution in [2.24, 2.45) is 0 Å². The predicted octanol–water partition coefficient (Wildman–Crippen LogP) is 2.00. The van der Waals surface area contributed by atoms with Crippen LogP contribution in [0.1, 0.15) is 34.3 Å². The standard InChI is InChI=1S/C25H26FN5O5/c26-19-12-18-16(14-31(24(18)34)20-5-6-22(32)28-23(20)33)11-21(19)30-9-7-29(8-10-30)13-15-1-3-17(4-2-15)27-25(35)36/h1-4,11-12,20,27H,5-10,13-14H2,(H,35,36)(H,28,32,33). The molecule has 1 unspecified atom stereocenters. The summed E-state index contributed by atoms with van der Waals surface area (Å²) in [5.41, 5.74) is 2.95. The smallest absolute Gasteiger partial charge is 0.409 e. The molecule has 3 aliphatic heterocycles. The number of amides is 4. The second kappa shape index (κ2) is 9.57. The van der Waals surface area contributed by atoms with Gasteiger partial charge in [0.05, 0.1) is 5.69 Å². The number of piperazine rings is 1. The van der Waals surface area contributed by atoms with Crippen molar-refractivity contribution in [1.82, 2.24) is 15.1 Å². The number of carboxylic acid groups (broad SMARTS) is 1. The van der Waals surface area contributed by atoms with Gasteiger partial charge in [0.2, 0.25) is 11.8 Å². The first-order valence-electron chi connectivity index (χ1n) is 11.8. The van der Waals surface area contributed by atoms with E-state index in [9.17, 15) is 19.2 Å². The number of hydrogen-bond acceptors (Lipinski definition) is 6. The fourth-order valence-corrected chi connectivity index (χ4v) is 5.04. The molecular formula is C25H26FN5O5. The number of piperidine rings is 1. The van der Waals surface area contributed by atoms with Crippen molar-refractivity contribution in [2.75, 3.05) is 36.4 Å². The highest BCUT2D eigenvalue weighted by molar-refractivity contribution is 6.05. The molecule has 2 aromatic carbocycles. The molecule has 0 aromatic heterocycles. The van der Waals surface area contributed by atoms with Crippen LogP contribution < -0.4 is 15.5 Å². The molecule has 11 heteroatoms. The monoisotopic (exact) mass is 495 g/mol. The highest BCUT2D eigenvalue weighted by Crippen LogP contribution is 2.33. The number of benzene rings is 2. The number of rotatable bonds is 5. The zero-order chi connectivity index (χ0) is 25.4. The van der Waals surface area contributed by atoms with Gasteiger partial charge in [-0.05, 0) is 41.8 Å². The van der Waals surface area contributed by atoms with E-state index in [1.54, 1.807) is 18.2 Å². The number of nitrogens with one attached hydrogen (secondary N) is 2. The van der Waals surface area contributed by atoms with Gasteiger partial charge in [-0.2, -0.15) is 0 Å². The van der Waals surface area contributed by atoms with Crippen LogP contribution in [0.5, 0.6) is 0 Å². The lowest BCUT2D eigenvalue weighted by atomic mass is 10.0. The van der Waals surface area contributed by atoms with Gasteiger partial charge in [-0.15, -0.1) is 0 Å². The maximum atomic E-state index is 15.1. The number of fused-ring (bicyclic) bond motifs is 1. The number of hydrogen-bond donors (Lipinski definition) is 3. The van der Waals surface area contributed by atoms with Crippen LogP contribution in [0, 0.1) is 5.82 Å². The lowest BCUT2D eigenvalue weighted by Crippen LogP contribution is -2.52. The quantitative estimate of drug-likeness (QED) is 0.543. The number of carbonyl (C=O) groups excluding carboxylic acids is 3. The van der Waals surface area contributed by atoms with Crippen LogP contribution in [0.25, 0.3) is 0 Å². The molecule has 2 aromatic rings. The molecule has 2 saturated heterocycles. The Bertz CT molecular complexity index is 1230. The van der Waals surface area contributed by atoms with Crippen molar-refractivity contribution in [3.63, 3.8) is 0 Å². The fraction of sp³-hybridized carbons (Fsp3) is 0.360. The van der Waals surface area contributed by atoms with Crippen molar-refractivity contribution >= 4 is 35.2 Å². The van der Waals surface area contributed by atoms with Crippen LogP contribution in [-0.4, -0.2) is 70.9 Å². The van der Waals surface area contributed by atoms with Crippen molar-refractivity contribution < 1.29 is 28.7 Å². The van der Waals surface area contributed by atoms with E-state index in [2.05, 4.69) is 15.5 Å². The molecule has 0 aliphatic carbocycles. The minimum atomic E-state index is -1.11. The lowest BCUT2D eigenvalue weighted by molar-refractivity contribution is -0.136. The molecule has 3 aliphatic rings. The Morgan fingerprint density at radius 2 is 1.81 bits per heavy atom. The first-order valence-corrected chi connectivity index (χ1v) is 11.8. The van der Waals surface area contributed by atoms with Crippen molar-refractivity contribution in [3.8, 4) is 0 Å². The first kappa shape index (κ1) is 23.7. The van der Waals surface area contributed by atoms with Gasteiger partial charge in [0.15, 0.2) is 0 Å². The molecule has 0 radical (unpaired) electrons. The van der Waals surface area contributed by atoms with Crippen LogP contribution in [-0.2, 0) is 22.7 Å². The van der Waals surface area contributed by atoms with Gasteiger partial charge in [0.25, 0.3) is 5.91 Å². The van der Waals surface area contributed by atoms with Crippen molar-refractivity contribution in [1.29, 1.82) is 0 Å². The van der Waals surface area contributed by atoms with Crippen LogP contribution in [0.15, 0.2) is 36.4 Å².